The molecule has 0 aromatic heterocycles. The summed E-state index contributed by atoms with van der Waals surface area (Å²) >= 11 is 0. The Kier molecular flexibility index (Phi) is 7.17. The van der Waals surface area contributed by atoms with Gasteiger partial charge in [0.1, 0.15) is 0 Å². The van der Waals surface area contributed by atoms with Gasteiger partial charge in [-0.25, -0.2) is 0 Å². The summed E-state index contributed by atoms with van der Waals surface area (Å²) in [4.78, 5) is 40.0. The molecule has 0 saturated carbocycles. The first-order valence-corrected chi connectivity index (χ1v) is 10.0. The fourth-order valence-electron chi connectivity index (χ4n) is 3.39. The summed E-state index contributed by atoms with van der Waals surface area (Å²) in [6.07, 6.45) is 1.74. The van der Waals surface area contributed by atoms with Gasteiger partial charge in [-0.3, -0.25) is 14.4 Å². The molecule has 30 heavy (non-hydrogen) atoms. The Bertz CT molecular complexity index is 935. The molecule has 7 heteroatoms. The van der Waals surface area contributed by atoms with Crippen LogP contribution < -0.4 is 15.1 Å². The topological polar surface area (TPSA) is 93.5 Å². The molecule has 3 amide bonds. The molecule has 1 aliphatic heterocycles. The molecule has 3 rings (SSSR count). The van der Waals surface area contributed by atoms with E-state index < -0.39 is 0 Å². The highest BCUT2D eigenvalue weighted by atomic mass is 16.2. The van der Waals surface area contributed by atoms with Gasteiger partial charge < -0.3 is 15.1 Å². The fraction of sp³-hybridized carbons (Fsp3) is 0.304. The number of benzene rings is 2. The maximum absolute atomic E-state index is 12.6. The van der Waals surface area contributed by atoms with Crippen LogP contribution in [0.2, 0.25) is 0 Å². The largest absolute Gasteiger partial charge is 0.326 e. The van der Waals surface area contributed by atoms with E-state index in [2.05, 4.69) is 11.4 Å². The Balaban J connectivity index is 1.53. The molecule has 0 radical (unpaired) electrons. The third-order valence-corrected chi connectivity index (χ3v) is 4.92. The molecule has 0 unspecified atom stereocenters. The summed E-state index contributed by atoms with van der Waals surface area (Å²) in [5.41, 5.74) is 2.15. The number of hydrogen-bond donors (Lipinski definition) is 1. The number of carbonyl (C=O) groups is 3. The van der Waals surface area contributed by atoms with Crippen molar-refractivity contribution in [1.29, 1.82) is 5.26 Å². The van der Waals surface area contributed by atoms with Crippen LogP contribution in [0, 0.1) is 11.3 Å². The van der Waals surface area contributed by atoms with Crippen LogP contribution in [0.15, 0.2) is 54.6 Å². The van der Waals surface area contributed by atoms with Crippen LogP contribution in [0.3, 0.4) is 0 Å². The lowest BCUT2D eigenvalue weighted by Crippen LogP contribution is -2.32. The number of nitrogens with zero attached hydrogens (tertiary/aromatic N) is 3. The number of nitriles is 1. The van der Waals surface area contributed by atoms with Crippen molar-refractivity contribution in [3.8, 4) is 6.07 Å². The first-order valence-electron chi connectivity index (χ1n) is 10.0. The van der Waals surface area contributed by atoms with Gasteiger partial charge in [0, 0.05) is 49.4 Å². The molecule has 7 nitrogen and oxygen atoms in total. The zero-order valence-corrected chi connectivity index (χ0v) is 16.7. The molecule has 154 valence electrons. The predicted molar refractivity (Wildman–Crippen MR) is 115 cm³/mol. The molecule has 2 aromatic rings. The summed E-state index contributed by atoms with van der Waals surface area (Å²) in [5, 5.41) is 11.6. The van der Waals surface area contributed by atoms with Crippen molar-refractivity contribution < 1.29 is 14.4 Å². The molecular weight excluding hydrogens is 380 g/mol. The summed E-state index contributed by atoms with van der Waals surface area (Å²) < 4.78 is 0. The van der Waals surface area contributed by atoms with Gasteiger partial charge in [-0.05, 0) is 42.8 Å². The summed E-state index contributed by atoms with van der Waals surface area (Å²) in [5.74, 6) is -0.346. The molecule has 2 aromatic carbocycles. The van der Waals surface area contributed by atoms with Gasteiger partial charge >= 0.3 is 0 Å². The lowest BCUT2D eigenvalue weighted by molar-refractivity contribution is -0.122. The number of hydrogen-bond acceptors (Lipinski definition) is 4. The second-order valence-electron chi connectivity index (χ2n) is 7.03. The van der Waals surface area contributed by atoms with Gasteiger partial charge in [0.25, 0.3) is 0 Å². The van der Waals surface area contributed by atoms with E-state index in [1.54, 1.807) is 21.9 Å². The van der Waals surface area contributed by atoms with Crippen LogP contribution in [-0.4, -0.2) is 30.8 Å². The zero-order chi connectivity index (χ0) is 21.3. The monoisotopic (exact) mass is 404 g/mol. The molecule has 0 spiro atoms. The Labute approximate surface area is 175 Å². The molecular formula is C23H24N4O3. The van der Waals surface area contributed by atoms with Crippen molar-refractivity contribution in [2.75, 3.05) is 28.2 Å². The smallest absolute Gasteiger partial charge is 0.227 e. The minimum atomic E-state index is -0.262. The first-order chi connectivity index (χ1) is 14.6. The second-order valence-corrected chi connectivity index (χ2v) is 7.03. The number of nitrogens with one attached hydrogen (secondary N) is 1. The molecule has 1 aliphatic rings. The van der Waals surface area contributed by atoms with Crippen molar-refractivity contribution >= 4 is 34.8 Å². The van der Waals surface area contributed by atoms with E-state index in [0.717, 1.165) is 18.7 Å². The van der Waals surface area contributed by atoms with Gasteiger partial charge in [-0.1, -0.05) is 18.2 Å². The Morgan fingerprint density at radius 3 is 2.43 bits per heavy atom. The van der Waals surface area contributed by atoms with Crippen LogP contribution in [-0.2, 0) is 14.4 Å². The second kappa shape index (κ2) is 10.2. The van der Waals surface area contributed by atoms with Crippen LogP contribution in [0.5, 0.6) is 0 Å². The van der Waals surface area contributed by atoms with Gasteiger partial charge in [0.15, 0.2) is 0 Å². The minimum absolute atomic E-state index is 0.0427. The van der Waals surface area contributed by atoms with Gasteiger partial charge in [-0.15, -0.1) is 0 Å². The molecule has 0 atom stereocenters. The lowest BCUT2D eigenvalue weighted by Gasteiger charge is -2.21. The highest BCUT2D eigenvalue weighted by Gasteiger charge is 2.21. The van der Waals surface area contributed by atoms with E-state index >= 15 is 0 Å². The van der Waals surface area contributed by atoms with Crippen molar-refractivity contribution in [3.63, 3.8) is 0 Å². The van der Waals surface area contributed by atoms with Crippen molar-refractivity contribution in [2.45, 2.75) is 32.1 Å². The maximum Gasteiger partial charge on any atom is 0.227 e. The molecule has 1 heterocycles. The van der Waals surface area contributed by atoms with Crippen molar-refractivity contribution in [1.82, 2.24) is 0 Å². The summed E-state index contributed by atoms with van der Waals surface area (Å²) in [6, 6.07) is 18.3. The van der Waals surface area contributed by atoms with Gasteiger partial charge in [-0.2, -0.15) is 5.26 Å². The van der Waals surface area contributed by atoms with E-state index in [4.69, 9.17) is 5.26 Å². The van der Waals surface area contributed by atoms with Gasteiger partial charge in [0.05, 0.1) is 12.5 Å². The molecule has 0 aliphatic carbocycles. The molecule has 1 N–H and O–H groups in total. The molecule has 0 bridgehead atoms. The summed E-state index contributed by atoms with van der Waals surface area (Å²) in [7, 11) is 0. The Morgan fingerprint density at radius 2 is 1.80 bits per heavy atom. The molecule has 1 fully saturated rings. The number of anilines is 3. The minimum Gasteiger partial charge on any atom is -0.326 e. The number of rotatable bonds is 8. The summed E-state index contributed by atoms with van der Waals surface area (Å²) in [6.45, 7) is 1.01. The first kappa shape index (κ1) is 21.1. The van der Waals surface area contributed by atoms with Crippen LogP contribution >= 0.6 is 0 Å². The van der Waals surface area contributed by atoms with Crippen LogP contribution in [0.25, 0.3) is 0 Å². The van der Waals surface area contributed by atoms with Crippen LogP contribution in [0.1, 0.15) is 32.1 Å². The highest BCUT2D eigenvalue weighted by Crippen LogP contribution is 2.23. The van der Waals surface area contributed by atoms with Gasteiger partial charge in [0.2, 0.25) is 17.7 Å². The van der Waals surface area contributed by atoms with E-state index in [-0.39, 0.29) is 43.5 Å². The van der Waals surface area contributed by atoms with E-state index in [1.807, 2.05) is 42.5 Å². The number of para-hydroxylation sites is 1. The Hall–Kier alpha value is -3.66. The maximum atomic E-state index is 12.6. The quantitative estimate of drug-likeness (QED) is 0.729. The fourth-order valence-corrected chi connectivity index (χ4v) is 3.39. The highest BCUT2D eigenvalue weighted by molar-refractivity contribution is 5.98. The normalized spacial score (nSPS) is 13.0. The molecule has 1 saturated heterocycles. The average Bonchev–Trinajstić information content (AvgIpc) is 3.20. The van der Waals surface area contributed by atoms with E-state index in [1.165, 1.54) is 0 Å². The third kappa shape index (κ3) is 5.45. The third-order valence-electron chi connectivity index (χ3n) is 4.92. The SMILES string of the molecule is N#CCCN(C(=O)CCC(=O)Nc1ccc(N2CCCC2=O)cc1)c1ccccc1. The number of amides is 3. The zero-order valence-electron chi connectivity index (χ0n) is 16.7. The van der Waals surface area contributed by atoms with Crippen LogP contribution in [0.4, 0.5) is 17.1 Å². The lowest BCUT2D eigenvalue weighted by atomic mass is 10.2. The van der Waals surface area contributed by atoms with Crippen molar-refractivity contribution in [2.24, 2.45) is 0 Å². The average molecular weight is 404 g/mol. The standard InChI is InChI=1S/C23H24N4O3/c24-15-5-17-27(19-6-2-1-3-7-19)23(30)14-13-21(28)25-18-9-11-20(12-10-18)26-16-4-8-22(26)29/h1-3,6-7,9-12H,4-5,8,13-14,16-17H2,(H,25,28). The van der Waals surface area contributed by atoms with Crippen molar-refractivity contribution in [3.05, 3.63) is 54.6 Å². The number of carbonyl (C=O) groups excluding carboxylic acids is 3. The van der Waals surface area contributed by atoms with E-state index in [9.17, 15) is 14.4 Å². The predicted octanol–water partition coefficient (Wildman–Crippen LogP) is 3.48. The van der Waals surface area contributed by atoms with E-state index in [0.29, 0.717) is 17.8 Å². The Morgan fingerprint density at radius 1 is 1.07 bits per heavy atom.